The van der Waals surface area contributed by atoms with Crippen molar-refractivity contribution >= 4 is 12.1 Å². The van der Waals surface area contributed by atoms with Gasteiger partial charge in [0, 0.05) is 6.42 Å². The fraction of sp³-hybridized carbons (Fsp3) is 0.500. The Balaban J connectivity index is 2.72. The fourth-order valence-electron chi connectivity index (χ4n) is 0.517. The molecule has 0 saturated heterocycles. The SMILES string of the molecule is O=C1CCC=[N+]1[O-]. The van der Waals surface area contributed by atoms with Gasteiger partial charge in [0.2, 0.25) is 0 Å². The highest BCUT2D eigenvalue weighted by Crippen LogP contribution is 1.95. The zero-order valence-corrected chi connectivity index (χ0v) is 3.76. The molecule has 0 saturated carbocycles. The molecule has 0 aromatic rings. The normalized spacial score (nSPS) is 20.0. The fourth-order valence-corrected chi connectivity index (χ4v) is 0.517. The molecule has 1 rings (SSSR count). The molecule has 7 heavy (non-hydrogen) atoms. The largest absolute Gasteiger partial charge is 0.616 e. The summed E-state index contributed by atoms with van der Waals surface area (Å²) >= 11 is 0. The van der Waals surface area contributed by atoms with Crippen LogP contribution in [0, 0.1) is 5.21 Å². The minimum absolute atomic E-state index is 0.319. The Kier molecular flexibility index (Phi) is 0.817. The summed E-state index contributed by atoms with van der Waals surface area (Å²) in [4.78, 5) is 10.2. The van der Waals surface area contributed by atoms with Crippen molar-refractivity contribution in [1.29, 1.82) is 0 Å². The summed E-state index contributed by atoms with van der Waals surface area (Å²) < 4.78 is 0.389. The molecule has 0 unspecified atom stereocenters. The van der Waals surface area contributed by atoms with E-state index in [0.717, 1.165) is 0 Å². The highest BCUT2D eigenvalue weighted by Gasteiger charge is 2.15. The minimum Gasteiger partial charge on any atom is -0.616 e. The monoisotopic (exact) mass is 99.0 g/mol. The Morgan fingerprint density at radius 2 is 2.57 bits per heavy atom. The van der Waals surface area contributed by atoms with Crippen LogP contribution in [0.2, 0.25) is 0 Å². The maximum atomic E-state index is 10.2. The molecule has 1 heterocycles. The Hall–Kier alpha value is -0.860. The first-order valence-electron chi connectivity index (χ1n) is 2.13. The molecule has 38 valence electrons. The highest BCUT2D eigenvalue weighted by molar-refractivity contribution is 5.79. The zero-order chi connectivity index (χ0) is 5.28. The van der Waals surface area contributed by atoms with Crippen molar-refractivity contribution in [3.05, 3.63) is 5.21 Å². The van der Waals surface area contributed by atoms with Crippen molar-refractivity contribution < 1.29 is 9.53 Å². The lowest BCUT2D eigenvalue weighted by atomic mass is 10.4. The van der Waals surface area contributed by atoms with Crippen LogP contribution < -0.4 is 0 Å². The molecular formula is C4H5NO2. The summed E-state index contributed by atoms with van der Waals surface area (Å²) in [6.45, 7) is 0. The lowest BCUT2D eigenvalue weighted by Crippen LogP contribution is -2.05. The quantitative estimate of drug-likeness (QED) is 0.314. The van der Waals surface area contributed by atoms with Crippen molar-refractivity contribution in [2.75, 3.05) is 0 Å². The predicted octanol–water partition coefficient (Wildman–Crippen LogP) is -0.112. The first-order valence-corrected chi connectivity index (χ1v) is 2.13. The second-order valence-electron chi connectivity index (χ2n) is 1.44. The summed E-state index contributed by atoms with van der Waals surface area (Å²) in [6, 6.07) is 0. The van der Waals surface area contributed by atoms with Crippen molar-refractivity contribution in [3.8, 4) is 0 Å². The Bertz CT molecular complexity index is 128. The summed E-state index contributed by atoms with van der Waals surface area (Å²) in [5.74, 6) is -0.319. The second kappa shape index (κ2) is 1.33. The van der Waals surface area contributed by atoms with Gasteiger partial charge in [0.05, 0.1) is 6.42 Å². The van der Waals surface area contributed by atoms with Gasteiger partial charge in [0.25, 0.3) is 0 Å². The summed E-state index contributed by atoms with van der Waals surface area (Å²) in [6.07, 6.45) is 2.36. The number of nitrogens with zero attached hydrogens (tertiary/aromatic N) is 1. The molecule has 0 aliphatic carbocycles. The van der Waals surface area contributed by atoms with Gasteiger partial charge in [-0.15, -0.1) is 4.74 Å². The van der Waals surface area contributed by atoms with Gasteiger partial charge in [0.1, 0.15) is 0 Å². The summed E-state index contributed by atoms with van der Waals surface area (Å²) in [5, 5.41) is 10.1. The molecule has 0 aromatic carbocycles. The van der Waals surface area contributed by atoms with E-state index in [2.05, 4.69) is 0 Å². The van der Waals surface area contributed by atoms with Crippen LogP contribution in [0.1, 0.15) is 12.8 Å². The van der Waals surface area contributed by atoms with Crippen LogP contribution in [0.5, 0.6) is 0 Å². The first-order chi connectivity index (χ1) is 3.30. The van der Waals surface area contributed by atoms with Crippen LogP contribution in [0.4, 0.5) is 0 Å². The molecule has 1 amide bonds. The molecule has 0 spiro atoms. The molecule has 0 radical (unpaired) electrons. The maximum Gasteiger partial charge on any atom is 0.398 e. The van der Waals surface area contributed by atoms with Crippen LogP contribution in [-0.4, -0.2) is 16.9 Å². The van der Waals surface area contributed by atoms with Gasteiger partial charge in [-0.1, -0.05) is 0 Å². The van der Waals surface area contributed by atoms with Gasteiger partial charge in [-0.3, -0.25) is 0 Å². The third-order valence-corrected chi connectivity index (χ3v) is 0.899. The Morgan fingerprint density at radius 3 is 2.71 bits per heavy atom. The van der Waals surface area contributed by atoms with Crippen LogP contribution in [-0.2, 0) is 4.79 Å². The molecule has 1 aliphatic heterocycles. The molecule has 1 aliphatic rings. The molecule has 0 atom stereocenters. The van der Waals surface area contributed by atoms with E-state index in [-0.39, 0.29) is 5.91 Å². The van der Waals surface area contributed by atoms with Gasteiger partial charge in [0.15, 0.2) is 6.21 Å². The number of hydroxylamine groups is 1. The van der Waals surface area contributed by atoms with Gasteiger partial charge in [-0.25, -0.2) is 4.79 Å². The molecule has 0 N–H and O–H groups in total. The maximum absolute atomic E-state index is 10.2. The molecule has 3 heteroatoms. The van der Waals surface area contributed by atoms with Gasteiger partial charge in [-0.05, 0) is 0 Å². The zero-order valence-electron chi connectivity index (χ0n) is 3.76. The standard InChI is InChI=1S/C4H5NO2/c6-4-2-1-3-5(4)7/h3H,1-2H2. The number of carbonyl (C=O) groups is 1. The smallest absolute Gasteiger partial charge is 0.398 e. The topological polar surface area (TPSA) is 43.1 Å². The molecular weight excluding hydrogens is 94.0 g/mol. The van der Waals surface area contributed by atoms with E-state index < -0.39 is 0 Å². The van der Waals surface area contributed by atoms with E-state index >= 15 is 0 Å². The number of amides is 1. The predicted molar refractivity (Wildman–Crippen MR) is 23.9 cm³/mol. The van der Waals surface area contributed by atoms with E-state index in [1.165, 1.54) is 6.21 Å². The number of carbonyl (C=O) groups excluding carboxylic acids is 1. The van der Waals surface area contributed by atoms with Crippen molar-refractivity contribution in [1.82, 2.24) is 0 Å². The number of hydrogen-bond donors (Lipinski definition) is 0. The van der Waals surface area contributed by atoms with Crippen LogP contribution in [0.3, 0.4) is 0 Å². The first kappa shape index (κ1) is 4.30. The average molecular weight is 99.1 g/mol. The van der Waals surface area contributed by atoms with Crippen molar-refractivity contribution in [3.63, 3.8) is 0 Å². The highest BCUT2D eigenvalue weighted by atomic mass is 16.5. The van der Waals surface area contributed by atoms with Gasteiger partial charge < -0.3 is 5.21 Å². The van der Waals surface area contributed by atoms with Crippen LogP contribution in [0.25, 0.3) is 0 Å². The molecule has 3 nitrogen and oxygen atoms in total. The molecule has 0 aromatic heterocycles. The third-order valence-electron chi connectivity index (χ3n) is 0.899. The summed E-state index contributed by atoms with van der Waals surface area (Å²) in [5.41, 5.74) is 0. The molecule has 0 fully saturated rings. The number of rotatable bonds is 0. The van der Waals surface area contributed by atoms with E-state index in [1.807, 2.05) is 0 Å². The second-order valence-corrected chi connectivity index (χ2v) is 1.44. The van der Waals surface area contributed by atoms with E-state index in [4.69, 9.17) is 0 Å². The van der Waals surface area contributed by atoms with Crippen LogP contribution >= 0.6 is 0 Å². The van der Waals surface area contributed by atoms with Gasteiger partial charge in [-0.2, -0.15) is 0 Å². The minimum atomic E-state index is -0.319. The van der Waals surface area contributed by atoms with E-state index in [9.17, 15) is 10.0 Å². The van der Waals surface area contributed by atoms with E-state index in [0.29, 0.717) is 17.6 Å². The average Bonchev–Trinajstić information content (AvgIpc) is 1.91. The van der Waals surface area contributed by atoms with Crippen molar-refractivity contribution in [2.45, 2.75) is 12.8 Å². The number of hydrogen-bond acceptors (Lipinski definition) is 2. The van der Waals surface area contributed by atoms with Crippen LogP contribution in [0.15, 0.2) is 0 Å². The lowest BCUT2D eigenvalue weighted by Gasteiger charge is -1.87. The summed E-state index contributed by atoms with van der Waals surface area (Å²) in [7, 11) is 0. The Morgan fingerprint density at radius 1 is 1.86 bits per heavy atom. The van der Waals surface area contributed by atoms with Gasteiger partial charge >= 0.3 is 5.91 Å². The molecule has 0 bridgehead atoms. The third kappa shape index (κ3) is 0.607. The van der Waals surface area contributed by atoms with E-state index in [1.54, 1.807) is 0 Å². The lowest BCUT2D eigenvalue weighted by molar-refractivity contribution is -0.371. The Labute approximate surface area is 40.8 Å². The van der Waals surface area contributed by atoms with Crippen molar-refractivity contribution in [2.24, 2.45) is 0 Å².